The van der Waals surface area contributed by atoms with E-state index >= 15 is 0 Å². The Morgan fingerprint density at radius 3 is 2.24 bits per heavy atom. The average molecular weight is 458 g/mol. The van der Waals surface area contributed by atoms with E-state index in [0.29, 0.717) is 12.8 Å². The first kappa shape index (κ1) is 21.1. The first-order valence-corrected chi connectivity index (χ1v) is 10.2. The number of hydrogen-bond acceptors (Lipinski definition) is 4. The Labute approximate surface area is 178 Å². The van der Waals surface area contributed by atoms with E-state index in [0.717, 1.165) is 33.2 Å². The van der Waals surface area contributed by atoms with Crippen LogP contribution in [-0.4, -0.2) is 30.7 Å². The van der Waals surface area contributed by atoms with Crippen molar-refractivity contribution in [2.75, 3.05) is 14.2 Å². The molecule has 1 heterocycles. The van der Waals surface area contributed by atoms with Crippen molar-refractivity contribution >= 4 is 38.8 Å². The predicted molar refractivity (Wildman–Crippen MR) is 116 cm³/mol. The number of aryl methyl sites for hydroxylation is 1. The SMILES string of the molecule is COC(=O)C(CCc1c(C)n(Cc2ccc(Br)cc2)c2ccccc12)C(=O)OC. The molecule has 0 fully saturated rings. The van der Waals surface area contributed by atoms with Gasteiger partial charge in [0, 0.05) is 27.6 Å². The lowest BCUT2D eigenvalue weighted by molar-refractivity contribution is -0.159. The van der Waals surface area contributed by atoms with Gasteiger partial charge in [-0.05, 0) is 49.1 Å². The third-order valence-corrected chi connectivity index (χ3v) is 5.80. The van der Waals surface area contributed by atoms with Gasteiger partial charge in [0.1, 0.15) is 0 Å². The van der Waals surface area contributed by atoms with Crippen LogP contribution in [0.1, 0.15) is 23.2 Å². The van der Waals surface area contributed by atoms with Gasteiger partial charge in [0.2, 0.25) is 0 Å². The number of benzene rings is 2. The highest BCUT2D eigenvalue weighted by atomic mass is 79.9. The van der Waals surface area contributed by atoms with Crippen molar-refractivity contribution in [3.8, 4) is 0 Å². The molecule has 0 saturated carbocycles. The van der Waals surface area contributed by atoms with Crippen LogP contribution in [0.4, 0.5) is 0 Å². The quantitative estimate of drug-likeness (QED) is 0.382. The van der Waals surface area contributed by atoms with Crippen LogP contribution in [0.25, 0.3) is 10.9 Å². The number of rotatable bonds is 7. The normalized spacial score (nSPS) is 11.1. The number of halogens is 1. The van der Waals surface area contributed by atoms with Gasteiger partial charge in [-0.15, -0.1) is 0 Å². The van der Waals surface area contributed by atoms with Gasteiger partial charge in [0.05, 0.1) is 14.2 Å². The van der Waals surface area contributed by atoms with Crippen LogP contribution in [0.3, 0.4) is 0 Å². The van der Waals surface area contributed by atoms with Crippen molar-refractivity contribution in [1.29, 1.82) is 0 Å². The highest BCUT2D eigenvalue weighted by Crippen LogP contribution is 2.29. The van der Waals surface area contributed by atoms with Crippen molar-refractivity contribution in [3.63, 3.8) is 0 Å². The summed E-state index contributed by atoms with van der Waals surface area (Å²) < 4.78 is 12.9. The van der Waals surface area contributed by atoms with E-state index in [2.05, 4.69) is 51.7 Å². The highest BCUT2D eigenvalue weighted by molar-refractivity contribution is 9.10. The second-order valence-corrected chi connectivity index (χ2v) is 7.85. The fourth-order valence-electron chi connectivity index (χ4n) is 3.70. The van der Waals surface area contributed by atoms with Gasteiger partial charge in [0.25, 0.3) is 0 Å². The van der Waals surface area contributed by atoms with E-state index in [-0.39, 0.29) is 0 Å². The minimum atomic E-state index is -0.919. The van der Waals surface area contributed by atoms with Crippen LogP contribution in [0.2, 0.25) is 0 Å². The van der Waals surface area contributed by atoms with E-state index < -0.39 is 17.9 Å². The van der Waals surface area contributed by atoms with Gasteiger partial charge in [-0.3, -0.25) is 9.59 Å². The molecule has 29 heavy (non-hydrogen) atoms. The fourth-order valence-corrected chi connectivity index (χ4v) is 3.96. The maximum Gasteiger partial charge on any atom is 0.320 e. The number of esters is 2. The summed E-state index contributed by atoms with van der Waals surface area (Å²) in [6.45, 7) is 2.83. The van der Waals surface area contributed by atoms with Crippen LogP contribution < -0.4 is 0 Å². The Balaban J connectivity index is 1.94. The molecular formula is C23H24BrNO4. The standard InChI is InChI=1S/C23H24BrNO4/c1-15-18(12-13-20(22(26)28-2)23(27)29-3)19-6-4-5-7-21(19)25(15)14-16-8-10-17(24)11-9-16/h4-11,20H,12-14H2,1-3H3. The van der Waals surface area contributed by atoms with E-state index in [1.807, 2.05) is 24.3 Å². The summed E-state index contributed by atoms with van der Waals surface area (Å²) in [6, 6.07) is 16.5. The third-order valence-electron chi connectivity index (χ3n) is 5.27. The lowest BCUT2D eigenvalue weighted by Crippen LogP contribution is -2.27. The highest BCUT2D eigenvalue weighted by Gasteiger charge is 2.29. The van der Waals surface area contributed by atoms with Crippen LogP contribution >= 0.6 is 15.9 Å². The molecule has 0 radical (unpaired) electrons. The van der Waals surface area contributed by atoms with Crippen molar-refractivity contribution in [1.82, 2.24) is 4.57 Å². The lowest BCUT2D eigenvalue weighted by atomic mass is 9.98. The molecule has 3 rings (SSSR count). The molecule has 3 aromatic rings. The molecule has 0 aliphatic rings. The second-order valence-electron chi connectivity index (χ2n) is 6.93. The van der Waals surface area contributed by atoms with E-state index in [1.54, 1.807) is 0 Å². The molecule has 0 aliphatic carbocycles. The summed E-state index contributed by atoms with van der Waals surface area (Å²) in [5.41, 5.74) is 4.60. The smallest absolute Gasteiger partial charge is 0.320 e. The van der Waals surface area contributed by atoms with Gasteiger partial charge in [-0.2, -0.15) is 0 Å². The second kappa shape index (κ2) is 9.27. The van der Waals surface area contributed by atoms with Crippen molar-refractivity contribution < 1.29 is 19.1 Å². The maximum absolute atomic E-state index is 12.0. The molecule has 0 spiro atoms. The minimum absolute atomic E-state index is 0.340. The van der Waals surface area contributed by atoms with E-state index in [9.17, 15) is 9.59 Å². The lowest BCUT2D eigenvalue weighted by Gasteiger charge is -2.13. The summed E-state index contributed by atoms with van der Waals surface area (Å²) in [5.74, 6) is -2.04. The number of nitrogens with zero attached hydrogens (tertiary/aromatic N) is 1. The number of aromatic nitrogens is 1. The minimum Gasteiger partial charge on any atom is -0.468 e. The number of methoxy groups -OCH3 is 2. The Bertz CT molecular complexity index is 1010. The topological polar surface area (TPSA) is 57.5 Å². The summed E-state index contributed by atoms with van der Waals surface area (Å²) in [5, 5.41) is 1.13. The number of fused-ring (bicyclic) bond motifs is 1. The molecule has 0 N–H and O–H groups in total. The zero-order valence-electron chi connectivity index (χ0n) is 16.8. The van der Waals surface area contributed by atoms with Gasteiger partial charge in [-0.25, -0.2) is 0 Å². The van der Waals surface area contributed by atoms with E-state index in [1.165, 1.54) is 19.8 Å². The molecule has 152 valence electrons. The number of ether oxygens (including phenoxy) is 2. The Kier molecular flexibility index (Phi) is 6.75. The molecule has 0 amide bonds. The summed E-state index contributed by atoms with van der Waals surface area (Å²) in [4.78, 5) is 24.0. The number of para-hydroxylation sites is 1. The predicted octanol–water partition coefficient (Wildman–Crippen LogP) is 4.66. The van der Waals surface area contributed by atoms with Gasteiger partial charge in [0.15, 0.2) is 5.92 Å². The zero-order valence-corrected chi connectivity index (χ0v) is 18.4. The number of carbonyl (C=O) groups is 2. The van der Waals surface area contributed by atoms with Crippen LogP contribution in [-0.2, 0) is 32.0 Å². The number of carbonyl (C=O) groups excluding carboxylic acids is 2. The molecule has 1 aromatic heterocycles. The van der Waals surface area contributed by atoms with Gasteiger partial charge >= 0.3 is 11.9 Å². The molecule has 0 atom stereocenters. The number of hydrogen-bond donors (Lipinski definition) is 0. The fraction of sp³-hybridized carbons (Fsp3) is 0.304. The summed E-state index contributed by atoms with van der Waals surface area (Å²) in [7, 11) is 2.57. The van der Waals surface area contributed by atoms with Gasteiger partial charge < -0.3 is 14.0 Å². The molecule has 2 aromatic carbocycles. The molecule has 0 saturated heterocycles. The van der Waals surface area contributed by atoms with Crippen molar-refractivity contribution in [2.24, 2.45) is 5.92 Å². The van der Waals surface area contributed by atoms with Crippen LogP contribution in [0.15, 0.2) is 53.0 Å². The first-order chi connectivity index (χ1) is 14.0. The largest absolute Gasteiger partial charge is 0.468 e. The monoisotopic (exact) mass is 457 g/mol. The van der Waals surface area contributed by atoms with Crippen molar-refractivity contribution in [3.05, 3.63) is 69.8 Å². The maximum atomic E-state index is 12.0. The molecule has 0 bridgehead atoms. The molecule has 5 nitrogen and oxygen atoms in total. The Morgan fingerprint density at radius 2 is 1.62 bits per heavy atom. The zero-order chi connectivity index (χ0) is 21.0. The summed E-state index contributed by atoms with van der Waals surface area (Å²) in [6.07, 6.45) is 0.918. The molecule has 0 aliphatic heterocycles. The Morgan fingerprint density at radius 1 is 1.00 bits per heavy atom. The molecule has 6 heteroatoms. The third kappa shape index (κ3) is 4.53. The Hall–Kier alpha value is -2.60. The van der Waals surface area contributed by atoms with Crippen LogP contribution in [0.5, 0.6) is 0 Å². The van der Waals surface area contributed by atoms with Crippen LogP contribution in [0, 0.1) is 12.8 Å². The molecule has 0 unspecified atom stereocenters. The summed E-state index contributed by atoms with van der Waals surface area (Å²) >= 11 is 3.48. The van der Waals surface area contributed by atoms with E-state index in [4.69, 9.17) is 9.47 Å². The van der Waals surface area contributed by atoms with Crippen molar-refractivity contribution in [2.45, 2.75) is 26.3 Å². The molecular weight excluding hydrogens is 434 g/mol. The average Bonchev–Trinajstić information content (AvgIpc) is 3.00. The van der Waals surface area contributed by atoms with Gasteiger partial charge in [-0.1, -0.05) is 46.3 Å². The first-order valence-electron chi connectivity index (χ1n) is 9.43.